The van der Waals surface area contributed by atoms with E-state index in [9.17, 15) is 22.4 Å². The van der Waals surface area contributed by atoms with Gasteiger partial charge in [0.05, 0.1) is 11.1 Å². The van der Waals surface area contributed by atoms with Crippen molar-refractivity contribution in [2.24, 2.45) is 5.92 Å². The van der Waals surface area contributed by atoms with Crippen molar-refractivity contribution < 1.29 is 27.1 Å². The largest absolute Gasteiger partial charge is 0.459 e. The number of ether oxygens (including phenoxy) is 1. The predicted octanol–water partition coefficient (Wildman–Crippen LogP) is 4.58. The molecule has 21 heavy (non-hydrogen) atoms. The maximum absolute atomic E-state index is 13.8. The van der Waals surface area contributed by atoms with E-state index >= 15 is 0 Å². The van der Waals surface area contributed by atoms with E-state index in [4.69, 9.17) is 4.74 Å². The van der Waals surface area contributed by atoms with Gasteiger partial charge in [-0.05, 0) is 37.3 Å². The average Bonchev–Trinajstić information content (AvgIpc) is 2.37. The van der Waals surface area contributed by atoms with Crippen molar-refractivity contribution >= 4 is 5.97 Å². The fourth-order valence-electron chi connectivity index (χ4n) is 2.61. The number of hydrogen-bond donors (Lipinski definition) is 0. The van der Waals surface area contributed by atoms with Crippen LogP contribution in [0.5, 0.6) is 0 Å². The molecular weight excluding hydrogens is 288 g/mol. The van der Waals surface area contributed by atoms with Crippen molar-refractivity contribution in [2.45, 2.75) is 44.9 Å². The monoisotopic (exact) mass is 304 g/mol. The lowest BCUT2D eigenvalue weighted by atomic mass is 9.89. The van der Waals surface area contributed by atoms with Gasteiger partial charge in [-0.25, -0.2) is 9.18 Å². The standard InChI is InChI=1S/C15H16F4O2/c1-9-4-2-5-10(8-9)21-14(20)11-6-3-7-12(13(11)16)15(17,18)19/h3,6-7,9-10H,2,4-5,8H2,1H3. The van der Waals surface area contributed by atoms with Crippen LogP contribution in [0.1, 0.15) is 48.5 Å². The van der Waals surface area contributed by atoms with Crippen molar-refractivity contribution in [3.05, 3.63) is 35.1 Å². The Bertz CT molecular complexity index is 525. The second kappa shape index (κ2) is 6.03. The van der Waals surface area contributed by atoms with Crippen LogP contribution in [0.4, 0.5) is 17.6 Å². The molecule has 2 nitrogen and oxygen atoms in total. The minimum absolute atomic E-state index is 0.352. The molecule has 2 unspecified atom stereocenters. The molecule has 1 fully saturated rings. The highest BCUT2D eigenvalue weighted by molar-refractivity contribution is 5.90. The van der Waals surface area contributed by atoms with Crippen LogP contribution in [0.15, 0.2) is 18.2 Å². The zero-order valence-corrected chi connectivity index (χ0v) is 11.5. The summed E-state index contributed by atoms with van der Waals surface area (Å²) in [7, 11) is 0. The molecular formula is C15H16F4O2. The van der Waals surface area contributed by atoms with Gasteiger partial charge in [-0.2, -0.15) is 13.2 Å². The summed E-state index contributed by atoms with van der Waals surface area (Å²) in [6.07, 6.45) is -1.94. The second-order valence-corrected chi connectivity index (χ2v) is 5.46. The van der Waals surface area contributed by atoms with Gasteiger partial charge in [0.2, 0.25) is 0 Å². The molecule has 1 aromatic carbocycles. The Morgan fingerprint density at radius 1 is 1.29 bits per heavy atom. The zero-order valence-electron chi connectivity index (χ0n) is 11.5. The predicted molar refractivity (Wildman–Crippen MR) is 68.2 cm³/mol. The Labute approximate surface area is 120 Å². The van der Waals surface area contributed by atoms with Crippen LogP contribution in [0.2, 0.25) is 0 Å². The SMILES string of the molecule is CC1CCCC(OC(=O)c2cccc(C(F)(F)F)c2F)C1. The van der Waals surface area contributed by atoms with Gasteiger partial charge in [-0.3, -0.25) is 0 Å². The molecule has 1 saturated carbocycles. The highest BCUT2D eigenvalue weighted by Crippen LogP contribution is 2.33. The van der Waals surface area contributed by atoms with Gasteiger partial charge in [-0.15, -0.1) is 0 Å². The Morgan fingerprint density at radius 2 is 2.00 bits per heavy atom. The summed E-state index contributed by atoms with van der Waals surface area (Å²) in [6, 6.07) is 2.62. The zero-order chi connectivity index (χ0) is 15.6. The average molecular weight is 304 g/mol. The Balaban J connectivity index is 2.16. The minimum atomic E-state index is -4.83. The minimum Gasteiger partial charge on any atom is -0.459 e. The number of rotatable bonds is 2. The molecule has 0 bridgehead atoms. The van der Waals surface area contributed by atoms with E-state index in [2.05, 4.69) is 0 Å². The Morgan fingerprint density at radius 3 is 2.62 bits per heavy atom. The van der Waals surface area contributed by atoms with E-state index in [1.54, 1.807) is 0 Å². The van der Waals surface area contributed by atoms with Crippen LogP contribution >= 0.6 is 0 Å². The van der Waals surface area contributed by atoms with E-state index in [1.165, 1.54) is 0 Å². The summed E-state index contributed by atoms with van der Waals surface area (Å²) >= 11 is 0. The Kier molecular flexibility index (Phi) is 4.54. The molecule has 0 radical (unpaired) electrons. The summed E-state index contributed by atoms with van der Waals surface area (Å²) in [5.74, 6) is -2.21. The molecule has 0 spiro atoms. The third-order valence-corrected chi connectivity index (χ3v) is 3.69. The lowest BCUT2D eigenvalue weighted by molar-refractivity contribution is -0.140. The van der Waals surface area contributed by atoms with E-state index in [1.807, 2.05) is 6.92 Å². The lowest BCUT2D eigenvalue weighted by Gasteiger charge is -2.26. The third-order valence-electron chi connectivity index (χ3n) is 3.69. The maximum Gasteiger partial charge on any atom is 0.419 e. The van der Waals surface area contributed by atoms with Gasteiger partial charge in [0.15, 0.2) is 0 Å². The van der Waals surface area contributed by atoms with Gasteiger partial charge < -0.3 is 4.74 Å². The van der Waals surface area contributed by atoms with Gasteiger partial charge in [-0.1, -0.05) is 19.4 Å². The summed E-state index contributed by atoms with van der Waals surface area (Å²) < 4.78 is 56.8. The van der Waals surface area contributed by atoms with E-state index in [0.717, 1.165) is 25.0 Å². The van der Waals surface area contributed by atoms with Crippen LogP contribution in [0, 0.1) is 11.7 Å². The van der Waals surface area contributed by atoms with Crippen LogP contribution < -0.4 is 0 Å². The number of halogens is 4. The first kappa shape index (κ1) is 15.8. The van der Waals surface area contributed by atoms with Crippen molar-refractivity contribution in [1.29, 1.82) is 0 Å². The molecule has 2 rings (SSSR count). The number of alkyl halides is 3. The van der Waals surface area contributed by atoms with Gasteiger partial charge in [0, 0.05) is 0 Å². The van der Waals surface area contributed by atoms with Crippen LogP contribution in [0.3, 0.4) is 0 Å². The normalized spacial score (nSPS) is 22.9. The lowest BCUT2D eigenvalue weighted by Crippen LogP contribution is -2.25. The van der Waals surface area contributed by atoms with Gasteiger partial charge in [0.1, 0.15) is 11.9 Å². The molecule has 0 heterocycles. The molecule has 0 aromatic heterocycles. The van der Waals surface area contributed by atoms with Crippen LogP contribution in [0.25, 0.3) is 0 Å². The molecule has 0 aliphatic heterocycles. The molecule has 0 saturated heterocycles. The van der Waals surface area contributed by atoms with E-state index in [0.29, 0.717) is 24.8 Å². The highest BCUT2D eigenvalue weighted by Gasteiger charge is 2.36. The van der Waals surface area contributed by atoms with Crippen molar-refractivity contribution in [3.63, 3.8) is 0 Å². The fraction of sp³-hybridized carbons (Fsp3) is 0.533. The molecule has 1 aliphatic rings. The molecule has 2 atom stereocenters. The molecule has 0 amide bonds. The summed E-state index contributed by atoms with van der Waals surface area (Å²) in [5.41, 5.74) is -2.11. The number of benzene rings is 1. The first-order chi connectivity index (χ1) is 9.79. The number of carbonyl (C=O) groups excluding carboxylic acids is 1. The van der Waals surface area contributed by atoms with Crippen molar-refractivity contribution in [2.75, 3.05) is 0 Å². The van der Waals surface area contributed by atoms with Crippen molar-refractivity contribution in [3.8, 4) is 0 Å². The van der Waals surface area contributed by atoms with Gasteiger partial charge >= 0.3 is 12.1 Å². The molecule has 0 N–H and O–H groups in total. The first-order valence-electron chi connectivity index (χ1n) is 6.85. The highest BCUT2D eigenvalue weighted by atomic mass is 19.4. The maximum atomic E-state index is 13.8. The summed E-state index contributed by atoms with van der Waals surface area (Å²) in [5, 5.41) is 0. The summed E-state index contributed by atoms with van der Waals surface area (Å²) in [4.78, 5) is 11.9. The van der Waals surface area contributed by atoms with E-state index in [-0.39, 0.29) is 6.10 Å². The van der Waals surface area contributed by atoms with Crippen LogP contribution in [-0.4, -0.2) is 12.1 Å². The Hall–Kier alpha value is -1.59. The van der Waals surface area contributed by atoms with Crippen LogP contribution in [-0.2, 0) is 10.9 Å². The van der Waals surface area contributed by atoms with Gasteiger partial charge in [0.25, 0.3) is 0 Å². The quantitative estimate of drug-likeness (QED) is 0.590. The number of carbonyl (C=O) groups is 1. The molecule has 6 heteroatoms. The smallest absolute Gasteiger partial charge is 0.419 e. The van der Waals surface area contributed by atoms with Crippen molar-refractivity contribution in [1.82, 2.24) is 0 Å². The first-order valence-corrected chi connectivity index (χ1v) is 6.85. The van der Waals surface area contributed by atoms with E-state index < -0.39 is 29.1 Å². The topological polar surface area (TPSA) is 26.3 Å². The summed E-state index contributed by atoms with van der Waals surface area (Å²) in [6.45, 7) is 2.02. The molecule has 1 aliphatic carbocycles. The second-order valence-electron chi connectivity index (χ2n) is 5.46. The third kappa shape index (κ3) is 3.74. The number of hydrogen-bond acceptors (Lipinski definition) is 2. The molecule has 1 aromatic rings. The fourth-order valence-corrected chi connectivity index (χ4v) is 2.61. The number of esters is 1. The molecule has 116 valence electrons.